The van der Waals surface area contributed by atoms with Gasteiger partial charge in [0.2, 0.25) is 0 Å². The molecule has 2 aliphatic rings. The second-order valence-electron chi connectivity index (χ2n) is 8.89. The van der Waals surface area contributed by atoms with E-state index in [1.807, 2.05) is 30.3 Å². The summed E-state index contributed by atoms with van der Waals surface area (Å²) >= 11 is 0. The second-order valence-corrected chi connectivity index (χ2v) is 8.89. The number of H-pyrrole nitrogens is 1. The highest BCUT2D eigenvalue weighted by Gasteiger charge is 2.48. The minimum Gasteiger partial charge on any atom is -0.437 e. The summed E-state index contributed by atoms with van der Waals surface area (Å²) in [6.07, 6.45) is 5.03. The van der Waals surface area contributed by atoms with E-state index in [4.69, 9.17) is 10.5 Å². The van der Waals surface area contributed by atoms with Crippen molar-refractivity contribution in [3.63, 3.8) is 0 Å². The summed E-state index contributed by atoms with van der Waals surface area (Å²) in [5.74, 6) is 0.594. The number of aryl methyl sites for hydroxylation is 1. The van der Waals surface area contributed by atoms with E-state index in [0.717, 1.165) is 48.1 Å². The summed E-state index contributed by atoms with van der Waals surface area (Å²) in [6, 6.07) is 13.4. The summed E-state index contributed by atoms with van der Waals surface area (Å²) in [5.41, 5.74) is 8.99. The first kappa shape index (κ1) is 23.1. The summed E-state index contributed by atoms with van der Waals surface area (Å²) in [5, 5.41) is 12.2. The molecule has 2 aromatic heterocycles. The Morgan fingerprint density at radius 2 is 1.89 bits per heavy atom. The Balaban J connectivity index is 0.00000253. The van der Waals surface area contributed by atoms with Crippen molar-refractivity contribution in [1.82, 2.24) is 20.0 Å². The van der Waals surface area contributed by atoms with Gasteiger partial charge < -0.3 is 10.5 Å². The number of nitrogens with one attached hydrogen (secondary N) is 1. The van der Waals surface area contributed by atoms with Crippen LogP contribution in [0.25, 0.3) is 21.9 Å². The van der Waals surface area contributed by atoms with Gasteiger partial charge in [0.25, 0.3) is 5.56 Å². The third-order valence-electron chi connectivity index (χ3n) is 7.00. The van der Waals surface area contributed by atoms with Gasteiger partial charge in [-0.3, -0.25) is 9.48 Å². The van der Waals surface area contributed by atoms with Crippen LogP contribution in [-0.4, -0.2) is 26.1 Å². The quantitative estimate of drug-likeness (QED) is 0.441. The number of fused-ring (bicyclic) bond motifs is 3. The maximum Gasteiger partial charge on any atom is 0.421 e. The highest BCUT2D eigenvalue weighted by atomic mass is 35.5. The van der Waals surface area contributed by atoms with Gasteiger partial charge in [-0.2, -0.15) is 10.2 Å². The van der Waals surface area contributed by atoms with E-state index in [-0.39, 0.29) is 24.5 Å². The molecule has 9 nitrogen and oxygen atoms in total. The van der Waals surface area contributed by atoms with E-state index in [2.05, 4.69) is 21.4 Å². The minimum atomic E-state index is -0.561. The molecular weight excluding hydrogens is 468 g/mol. The van der Waals surface area contributed by atoms with Crippen LogP contribution in [0.2, 0.25) is 0 Å². The molecule has 10 heteroatoms. The van der Waals surface area contributed by atoms with Crippen molar-refractivity contribution in [1.29, 1.82) is 0 Å². The molecule has 0 atom stereocenters. The van der Waals surface area contributed by atoms with E-state index in [1.54, 1.807) is 28.9 Å². The summed E-state index contributed by atoms with van der Waals surface area (Å²) in [7, 11) is 1.80. The predicted molar refractivity (Wildman–Crippen MR) is 135 cm³/mol. The molecular formula is C25H25ClN6O3. The number of benzene rings is 2. The number of carbonyl (C=O) groups excluding carboxylic acids is 1. The summed E-state index contributed by atoms with van der Waals surface area (Å²) < 4.78 is 7.81. The lowest BCUT2D eigenvalue weighted by molar-refractivity contribution is 0.0126. The summed E-state index contributed by atoms with van der Waals surface area (Å²) in [6.45, 7) is 0.185. The van der Waals surface area contributed by atoms with Gasteiger partial charge in [-0.25, -0.2) is 14.8 Å². The first-order chi connectivity index (χ1) is 16.5. The fraction of sp³-hybridized carbons (Fsp3) is 0.280. The van der Waals surface area contributed by atoms with Crippen LogP contribution in [0, 0.1) is 0 Å². The highest BCUT2D eigenvalue weighted by molar-refractivity contribution is 6.02. The van der Waals surface area contributed by atoms with Crippen molar-refractivity contribution in [2.75, 3.05) is 4.90 Å². The molecule has 0 bridgehead atoms. The molecule has 1 saturated carbocycles. The first-order valence-corrected chi connectivity index (χ1v) is 11.4. The van der Waals surface area contributed by atoms with E-state index < -0.39 is 11.7 Å². The molecule has 1 spiro atoms. The molecule has 0 radical (unpaired) electrons. The van der Waals surface area contributed by atoms with Crippen LogP contribution in [-0.2, 0) is 23.9 Å². The number of amides is 1. The molecule has 3 heterocycles. The van der Waals surface area contributed by atoms with Crippen LogP contribution in [0.1, 0.15) is 36.9 Å². The van der Waals surface area contributed by atoms with Crippen molar-refractivity contribution in [2.24, 2.45) is 12.8 Å². The van der Waals surface area contributed by atoms with Crippen molar-refractivity contribution in [3.05, 3.63) is 70.3 Å². The Morgan fingerprint density at radius 3 is 2.66 bits per heavy atom. The number of anilines is 2. The van der Waals surface area contributed by atoms with Crippen molar-refractivity contribution >= 4 is 40.8 Å². The molecule has 0 unspecified atom stereocenters. The molecule has 4 aromatic rings. The Bertz CT molecular complexity index is 1500. The highest BCUT2D eigenvalue weighted by Crippen LogP contribution is 2.51. The van der Waals surface area contributed by atoms with Gasteiger partial charge in [0.15, 0.2) is 0 Å². The van der Waals surface area contributed by atoms with Gasteiger partial charge in [0.1, 0.15) is 11.4 Å². The molecule has 1 fully saturated rings. The van der Waals surface area contributed by atoms with E-state index >= 15 is 0 Å². The first-order valence-electron chi connectivity index (χ1n) is 11.4. The molecule has 1 amide bonds. The van der Waals surface area contributed by atoms with E-state index in [9.17, 15) is 9.59 Å². The number of halogens is 1. The lowest BCUT2D eigenvalue weighted by atomic mass is 9.88. The van der Waals surface area contributed by atoms with Gasteiger partial charge in [-0.1, -0.05) is 24.3 Å². The topological polar surface area (TPSA) is 119 Å². The Morgan fingerprint density at radius 1 is 1.11 bits per heavy atom. The zero-order valence-corrected chi connectivity index (χ0v) is 20.0. The number of ether oxygens (including phenoxy) is 1. The molecule has 0 saturated heterocycles. The van der Waals surface area contributed by atoms with Gasteiger partial charge in [-0.05, 0) is 49.4 Å². The number of hydrogen-bond acceptors (Lipinski definition) is 6. The average molecular weight is 493 g/mol. The lowest BCUT2D eigenvalue weighted by Gasteiger charge is -2.40. The zero-order chi connectivity index (χ0) is 23.4. The Labute approximate surface area is 207 Å². The monoisotopic (exact) mass is 492 g/mol. The molecule has 3 N–H and O–H groups in total. The minimum absolute atomic E-state index is 0. The largest absolute Gasteiger partial charge is 0.437 e. The average Bonchev–Trinajstić information content (AvgIpc) is 3.47. The van der Waals surface area contributed by atoms with Crippen molar-refractivity contribution in [2.45, 2.75) is 37.8 Å². The van der Waals surface area contributed by atoms with Gasteiger partial charge in [0, 0.05) is 30.1 Å². The van der Waals surface area contributed by atoms with Crippen LogP contribution in [0.3, 0.4) is 0 Å². The molecule has 2 aromatic carbocycles. The predicted octanol–water partition coefficient (Wildman–Crippen LogP) is 4.26. The number of nitrogens with two attached hydrogens (primary N) is 1. The summed E-state index contributed by atoms with van der Waals surface area (Å²) in [4.78, 5) is 27.4. The van der Waals surface area contributed by atoms with Crippen LogP contribution >= 0.6 is 12.4 Å². The molecule has 180 valence electrons. The number of hydrogen-bond donors (Lipinski definition) is 2. The van der Waals surface area contributed by atoms with Crippen molar-refractivity contribution < 1.29 is 9.53 Å². The van der Waals surface area contributed by atoms with Gasteiger partial charge in [-0.15, -0.1) is 12.4 Å². The zero-order valence-electron chi connectivity index (χ0n) is 19.2. The van der Waals surface area contributed by atoms with Crippen molar-refractivity contribution in [3.8, 4) is 11.1 Å². The number of aromatic amines is 1. The number of aromatic nitrogens is 4. The number of nitrogens with zero attached hydrogens (tertiary/aromatic N) is 4. The smallest absolute Gasteiger partial charge is 0.421 e. The third-order valence-corrected chi connectivity index (χ3v) is 7.00. The third kappa shape index (κ3) is 3.42. The van der Waals surface area contributed by atoms with Gasteiger partial charge in [0.05, 0.1) is 23.0 Å². The molecule has 1 aliphatic heterocycles. The fourth-order valence-electron chi connectivity index (χ4n) is 5.38. The Kier molecular flexibility index (Phi) is 5.61. The van der Waals surface area contributed by atoms with Crippen LogP contribution < -0.4 is 16.2 Å². The second kappa shape index (κ2) is 8.51. The standard InChI is InChI=1S/C25H24N6O3.ClH/c1-30-23(31-21-7-3-2-6-19(21)25(34-24(31)33)10-4-5-11-25)18(14-27-30)15-8-9-16-17(12-15)20(13-26)28-29-22(16)32;/h2-3,6-9,12,14H,4-5,10-11,13,26H2,1H3,(H,29,32);1H. The van der Waals surface area contributed by atoms with E-state index in [1.165, 1.54) is 0 Å². The number of carbonyl (C=O) groups is 1. The maximum absolute atomic E-state index is 13.5. The maximum atomic E-state index is 13.5. The lowest BCUT2D eigenvalue weighted by Crippen LogP contribution is -2.43. The molecule has 1 aliphatic carbocycles. The normalized spacial score (nSPS) is 16.3. The van der Waals surface area contributed by atoms with Crippen LogP contribution in [0.5, 0.6) is 0 Å². The van der Waals surface area contributed by atoms with Crippen LogP contribution in [0.4, 0.5) is 16.3 Å². The Hall–Kier alpha value is -3.69. The number of rotatable bonds is 3. The SMILES string of the molecule is Cl.Cn1ncc(-c2ccc3c(=O)[nH]nc(CN)c3c2)c1N1C(=O)OC2(CCCC2)c2ccccc21. The molecule has 6 rings (SSSR count). The number of para-hydroxylation sites is 1. The van der Waals surface area contributed by atoms with Gasteiger partial charge >= 0.3 is 6.09 Å². The van der Waals surface area contributed by atoms with E-state index in [0.29, 0.717) is 22.3 Å². The fourth-order valence-corrected chi connectivity index (χ4v) is 5.38. The molecule has 35 heavy (non-hydrogen) atoms. The van der Waals surface area contributed by atoms with Crippen LogP contribution in [0.15, 0.2) is 53.5 Å².